The maximum atomic E-state index is 9.76. The fraction of sp³-hybridized carbons (Fsp3) is 0.889. The molecule has 0 unspecified atom stereocenters. The summed E-state index contributed by atoms with van der Waals surface area (Å²) in [5.41, 5.74) is 0. The topological polar surface area (TPSA) is 46.5 Å². The number of carbonyl (C=O) groups is 1. The first-order chi connectivity index (χ1) is 5.77. The van der Waals surface area contributed by atoms with Crippen LogP contribution >= 0.6 is 0 Å². The van der Waals surface area contributed by atoms with E-state index in [2.05, 4.69) is 0 Å². The molecule has 0 bridgehead atoms. The Bertz CT molecular complexity index is 101. The predicted molar refractivity (Wildman–Crippen MR) is 47.2 cm³/mol. The van der Waals surface area contributed by atoms with Crippen molar-refractivity contribution in [1.82, 2.24) is 0 Å². The van der Waals surface area contributed by atoms with Gasteiger partial charge in [0.25, 0.3) is 0 Å². The van der Waals surface area contributed by atoms with E-state index in [1.165, 1.54) is 12.8 Å². The van der Waals surface area contributed by atoms with Crippen LogP contribution in [0.5, 0.6) is 0 Å². The zero-order valence-electron chi connectivity index (χ0n) is 7.71. The number of ether oxygens (including phenoxy) is 1. The molecule has 1 saturated heterocycles. The average Bonchev–Trinajstić information content (AvgIpc) is 2.57. The summed E-state index contributed by atoms with van der Waals surface area (Å²) in [6.07, 6.45) is 4.64. The van der Waals surface area contributed by atoms with Crippen LogP contribution in [0.4, 0.5) is 0 Å². The molecule has 1 aliphatic rings. The molecule has 1 fully saturated rings. The minimum absolute atomic E-state index is 0.316. The van der Waals surface area contributed by atoms with Crippen LogP contribution in [0.2, 0.25) is 0 Å². The predicted octanol–water partition coefficient (Wildman–Crippen LogP) is 2.06. The Morgan fingerprint density at radius 2 is 2.00 bits per heavy atom. The number of rotatable bonds is 3. The molecule has 0 aliphatic carbocycles. The highest BCUT2D eigenvalue weighted by atomic mass is 16.5. The first kappa shape index (κ1) is 11.4. The normalized spacial score (nSPS) is 15.1. The van der Waals surface area contributed by atoms with Gasteiger partial charge in [-0.15, -0.1) is 0 Å². The molecule has 1 N–H and O–H groups in total. The lowest BCUT2D eigenvalue weighted by Crippen LogP contribution is -1.91. The van der Waals surface area contributed by atoms with Gasteiger partial charge in [-0.25, -0.2) is 0 Å². The van der Waals surface area contributed by atoms with Crippen molar-refractivity contribution in [1.29, 1.82) is 0 Å². The van der Waals surface area contributed by atoms with E-state index in [0.717, 1.165) is 26.1 Å². The molecule has 0 aromatic carbocycles. The van der Waals surface area contributed by atoms with Gasteiger partial charge < -0.3 is 9.84 Å². The zero-order chi connectivity index (χ0) is 9.23. The molecule has 0 amide bonds. The summed E-state index contributed by atoms with van der Waals surface area (Å²) in [5.74, 6) is -0.693. The second kappa shape index (κ2) is 8.53. The highest BCUT2D eigenvalue weighted by molar-refractivity contribution is 5.66. The van der Waals surface area contributed by atoms with Gasteiger partial charge >= 0.3 is 5.97 Å². The van der Waals surface area contributed by atoms with Gasteiger partial charge in [0.15, 0.2) is 0 Å². The van der Waals surface area contributed by atoms with E-state index in [9.17, 15) is 4.79 Å². The van der Waals surface area contributed by atoms with Gasteiger partial charge in [0, 0.05) is 19.6 Å². The summed E-state index contributed by atoms with van der Waals surface area (Å²) in [4.78, 5) is 9.76. The molecule has 0 spiro atoms. The molecule has 0 aromatic rings. The lowest BCUT2D eigenvalue weighted by atomic mass is 10.3. The average molecular weight is 174 g/mol. The van der Waals surface area contributed by atoms with Crippen molar-refractivity contribution in [2.45, 2.75) is 39.0 Å². The summed E-state index contributed by atoms with van der Waals surface area (Å²) in [6, 6.07) is 0. The van der Waals surface area contributed by atoms with Crippen molar-refractivity contribution in [2.75, 3.05) is 13.2 Å². The first-order valence-electron chi connectivity index (χ1n) is 4.57. The van der Waals surface area contributed by atoms with Crippen molar-refractivity contribution in [3.05, 3.63) is 0 Å². The minimum atomic E-state index is -0.693. The van der Waals surface area contributed by atoms with Gasteiger partial charge in [0.1, 0.15) is 0 Å². The van der Waals surface area contributed by atoms with Gasteiger partial charge in [0.05, 0.1) is 0 Å². The monoisotopic (exact) mass is 174 g/mol. The van der Waals surface area contributed by atoms with Crippen LogP contribution in [-0.2, 0) is 9.53 Å². The summed E-state index contributed by atoms with van der Waals surface area (Å²) >= 11 is 0. The molecule has 1 aliphatic heterocycles. The molecular weight excluding hydrogens is 156 g/mol. The Morgan fingerprint density at radius 3 is 2.17 bits per heavy atom. The molecule has 1 heterocycles. The van der Waals surface area contributed by atoms with E-state index in [0.29, 0.717) is 6.42 Å². The molecule has 72 valence electrons. The van der Waals surface area contributed by atoms with E-state index < -0.39 is 5.97 Å². The summed E-state index contributed by atoms with van der Waals surface area (Å²) in [5, 5.41) is 8.04. The largest absolute Gasteiger partial charge is 0.481 e. The molecule has 0 atom stereocenters. The maximum absolute atomic E-state index is 9.76. The summed E-state index contributed by atoms with van der Waals surface area (Å²) in [7, 11) is 0. The maximum Gasteiger partial charge on any atom is 0.303 e. The Labute approximate surface area is 73.7 Å². The van der Waals surface area contributed by atoms with Crippen LogP contribution in [-0.4, -0.2) is 24.3 Å². The second-order valence-electron chi connectivity index (χ2n) is 2.82. The number of hydrogen-bond donors (Lipinski definition) is 1. The molecule has 0 radical (unpaired) electrons. The SMILES string of the molecule is C1CCOC1.CCCCC(=O)O. The summed E-state index contributed by atoms with van der Waals surface area (Å²) in [6.45, 7) is 3.98. The Kier molecular flexibility index (Phi) is 8.12. The van der Waals surface area contributed by atoms with Crippen LogP contribution < -0.4 is 0 Å². The third kappa shape index (κ3) is 9.43. The van der Waals surface area contributed by atoms with Gasteiger partial charge in [0.2, 0.25) is 0 Å². The van der Waals surface area contributed by atoms with Crippen molar-refractivity contribution in [3.63, 3.8) is 0 Å². The van der Waals surface area contributed by atoms with Crippen LogP contribution in [0.1, 0.15) is 39.0 Å². The third-order valence-corrected chi connectivity index (χ3v) is 1.57. The van der Waals surface area contributed by atoms with E-state index in [1.54, 1.807) is 0 Å². The van der Waals surface area contributed by atoms with Gasteiger partial charge in [-0.05, 0) is 19.3 Å². The molecule has 1 rings (SSSR count). The molecule has 12 heavy (non-hydrogen) atoms. The lowest BCUT2D eigenvalue weighted by Gasteiger charge is -1.85. The van der Waals surface area contributed by atoms with Crippen molar-refractivity contribution < 1.29 is 14.6 Å². The Morgan fingerprint density at radius 1 is 1.42 bits per heavy atom. The smallest absolute Gasteiger partial charge is 0.303 e. The fourth-order valence-corrected chi connectivity index (χ4v) is 0.838. The van der Waals surface area contributed by atoms with Gasteiger partial charge in [-0.3, -0.25) is 4.79 Å². The van der Waals surface area contributed by atoms with Crippen molar-refractivity contribution >= 4 is 5.97 Å². The van der Waals surface area contributed by atoms with E-state index in [-0.39, 0.29) is 0 Å². The molecule has 0 saturated carbocycles. The van der Waals surface area contributed by atoms with Gasteiger partial charge in [-0.1, -0.05) is 13.3 Å². The highest BCUT2D eigenvalue weighted by Crippen LogP contribution is 1.98. The zero-order valence-corrected chi connectivity index (χ0v) is 7.71. The molecule has 3 heteroatoms. The number of unbranched alkanes of at least 4 members (excludes halogenated alkanes) is 1. The van der Waals surface area contributed by atoms with E-state index in [1.807, 2.05) is 6.92 Å². The number of carboxylic acid groups (broad SMARTS) is 1. The van der Waals surface area contributed by atoms with Gasteiger partial charge in [-0.2, -0.15) is 0 Å². The summed E-state index contributed by atoms with van der Waals surface area (Å²) < 4.78 is 4.94. The van der Waals surface area contributed by atoms with Crippen LogP contribution in [0.15, 0.2) is 0 Å². The molecule has 0 aromatic heterocycles. The molecule has 3 nitrogen and oxygen atoms in total. The first-order valence-corrected chi connectivity index (χ1v) is 4.57. The number of aliphatic carboxylic acids is 1. The van der Waals surface area contributed by atoms with E-state index in [4.69, 9.17) is 9.84 Å². The fourth-order valence-electron chi connectivity index (χ4n) is 0.838. The van der Waals surface area contributed by atoms with Crippen LogP contribution in [0, 0.1) is 0 Å². The third-order valence-electron chi connectivity index (χ3n) is 1.57. The molecular formula is C9H18O3. The van der Waals surface area contributed by atoms with E-state index >= 15 is 0 Å². The minimum Gasteiger partial charge on any atom is -0.481 e. The highest BCUT2D eigenvalue weighted by Gasteiger charge is 1.94. The number of hydrogen-bond acceptors (Lipinski definition) is 2. The Balaban J connectivity index is 0.000000211. The second-order valence-corrected chi connectivity index (χ2v) is 2.82. The lowest BCUT2D eigenvalue weighted by molar-refractivity contribution is -0.137. The van der Waals surface area contributed by atoms with Crippen LogP contribution in [0.3, 0.4) is 0 Å². The van der Waals surface area contributed by atoms with Crippen molar-refractivity contribution in [2.24, 2.45) is 0 Å². The standard InChI is InChI=1S/C5H10O2.C4H8O/c1-2-3-4-5(6)7;1-2-4-5-3-1/h2-4H2,1H3,(H,6,7);1-4H2. The Hall–Kier alpha value is -0.570. The van der Waals surface area contributed by atoms with Crippen LogP contribution in [0.25, 0.3) is 0 Å². The number of carboxylic acids is 1. The quantitative estimate of drug-likeness (QED) is 0.712. The van der Waals surface area contributed by atoms with Crippen molar-refractivity contribution in [3.8, 4) is 0 Å².